The van der Waals surface area contributed by atoms with E-state index in [2.05, 4.69) is 25.2 Å². The van der Waals surface area contributed by atoms with E-state index in [0.29, 0.717) is 10.9 Å². The molecule has 1 aliphatic heterocycles. The number of anilines is 1. The zero-order valence-corrected chi connectivity index (χ0v) is 16.6. The number of hydrogen-bond donors (Lipinski definition) is 2. The maximum Gasteiger partial charge on any atom is 0.229 e. The summed E-state index contributed by atoms with van der Waals surface area (Å²) in [6.07, 6.45) is 3.29. The van der Waals surface area contributed by atoms with Crippen LogP contribution in [0.4, 0.5) is 5.13 Å². The van der Waals surface area contributed by atoms with Crippen LogP contribution in [0.2, 0.25) is 0 Å². The molecule has 7 nitrogen and oxygen atoms in total. The Bertz CT molecular complexity index is 1080. The van der Waals surface area contributed by atoms with E-state index >= 15 is 0 Å². The van der Waals surface area contributed by atoms with Crippen molar-refractivity contribution in [3.05, 3.63) is 53.9 Å². The number of aromatic nitrogens is 3. The number of imidazole rings is 1. The lowest BCUT2D eigenvalue weighted by atomic mass is 9.96. The second-order valence-electron chi connectivity index (χ2n) is 7.26. The maximum absolute atomic E-state index is 12.6. The predicted octanol–water partition coefficient (Wildman–Crippen LogP) is 4.13. The van der Waals surface area contributed by atoms with Crippen LogP contribution in [0.15, 0.2) is 52.5 Å². The van der Waals surface area contributed by atoms with Gasteiger partial charge < -0.3 is 14.7 Å². The number of carbonyl (C=O) groups excluding carboxylic acids is 1. The summed E-state index contributed by atoms with van der Waals surface area (Å²) in [6, 6.07) is 11.7. The number of amides is 1. The van der Waals surface area contributed by atoms with Gasteiger partial charge in [0.05, 0.1) is 23.8 Å². The van der Waals surface area contributed by atoms with Crippen molar-refractivity contribution >= 4 is 33.4 Å². The minimum atomic E-state index is 0.0119. The normalized spacial score (nSPS) is 15.7. The standard InChI is InChI=1S/C21H21N5O2S/c27-20(25-21-24-17(13-29-21)18-6-3-11-28-18)14-7-9-26(10-8-14)12-19-22-15-4-1-2-5-16(15)23-19/h1-6,11,13-14H,7-10,12H2,(H,22,23)(H,24,25,27). The van der Waals surface area contributed by atoms with Gasteiger partial charge in [-0.25, -0.2) is 9.97 Å². The van der Waals surface area contributed by atoms with E-state index in [4.69, 9.17) is 4.42 Å². The molecule has 4 aromatic rings. The summed E-state index contributed by atoms with van der Waals surface area (Å²) < 4.78 is 5.35. The van der Waals surface area contributed by atoms with Gasteiger partial charge in [0.1, 0.15) is 11.5 Å². The second-order valence-corrected chi connectivity index (χ2v) is 8.11. The third-order valence-electron chi connectivity index (χ3n) is 5.28. The second kappa shape index (κ2) is 7.81. The van der Waals surface area contributed by atoms with Crippen molar-refractivity contribution in [2.45, 2.75) is 19.4 Å². The number of furan rings is 1. The van der Waals surface area contributed by atoms with E-state index in [1.54, 1.807) is 6.26 Å². The van der Waals surface area contributed by atoms with Gasteiger partial charge in [-0.05, 0) is 50.2 Å². The van der Waals surface area contributed by atoms with Crippen molar-refractivity contribution in [2.75, 3.05) is 18.4 Å². The third kappa shape index (κ3) is 3.94. The zero-order chi connectivity index (χ0) is 19.6. The molecule has 0 bridgehead atoms. The third-order valence-corrected chi connectivity index (χ3v) is 6.04. The van der Waals surface area contributed by atoms with Crippen LogP contribution in [0.5, 0.6) is 0 Å². The van der Waals surface area contributed by atoms with Gasteiger partial charge in [0, 0.05) is 11.3 Å². The molecule has 0 spiro atoms. The van der Waals surface area contributed by atoms with E-state index in [-0.39, 0.29) is 11.8 Å². The number of carbonyl (C=O) groups is 1. The molecule has 1 fully saturated rings. The molecule has 5 rings (SSSR count). The van der Waals surface area contributed by atoms with Gasteiger partial charge >= 0.3 is 0 Å². The van der Waals surface area contributed by atoms with Crippen LogP contribution in [0, 0.1) is 5.92 Å². The summed E-state index contributed by atoms with van der Waals surface area (Å²) in [5.74, 6) is 1.75. The van der Waals surface area contributed by atoms with Crippen molar-refractivity contribution in [2.24, 2.45) is 5.92 Å². The summed E-state index contributed by atoms with van der Waals surface area (Å²) in [4.78, 5) is 27.5. The van der Waals surface area contributed by atoms with E-state index < -0.39 is 0 Å². The monoisotopic (exact) mass is 407 g/mol. The van der Waals surface area contributed by atoms with Crippen LogP contribution >= 0.6 is 11.3 Å². The van der Waals surface area contributed by atoms with Crippen molar-refractivity contribution in [3.8, 4) is 11.5 Å². The topological polar surface area (TPSA) is 87.1 Å². The number of rotatable bonds is 5. The summed E-state index contributed by atoms with van der Waals surface area (Å²) in [5.41, 5.74) is 2.80. The number of para-hydroxylation sites is 2. The van der Waals surface area contributed by atoms with Crippen molar-refractivity contribution < 1.29 is 9.21 Å². The fourth-order valence-corrected chi connectivity index (χ4v) is 4.42. The average molecular weight is 407 g/mol. The first-order valence-corrected chi connectivity index (χ1v) is 10.6. The van der Waals surface area contributed by atoms with E-state index in [1.165, 1.54) is 11.3 Å². The highest BCUT2D eigenvalue weighted by Gasteiger charge is 2.26. The molecular weight excluding hydrogens is 386 g/mol. The number of aromatic amines is 1. The molecule has 0 aliphatic carbocycles. The highest BCUT2D eigenvalue weighted by atomic mass is 32.1. The number of likely N-dealkylation sites (tertiary alicyclic amines) is 1. The van der Waals surface area contributed by atoms with Crippen LogP contribution in [-0.2, 0) is 11.3 Å². The molecule has 0 unspecified atom stereocenters. The molecule has 1 aliphatic rings. The Morgan fingerprint density at radius 3 is 2.86 bits per heavy atom. The van der Waals surface area contributed by atoms with Crippen LogP contribution in [0.25, 0.3) is 22.5 Å². The minimum Gasteiger partial charge on any atom is -0.463 e. The first-order valence-electron chi connectivity index (χ1n) is 9.71. The molecule has 0 radical (unpaired) electrons. The lowest BCUT2D eigenvalue weighted by Crippen LogP contribution is -2.38. The Labute approximate surface area is 171 Å². The number of benzene rings is 1. The molecule has 1 saturated heterocycles. The molecule has 2 N–H and O–H groups in total. The summed E-state index contributed by atoms with van der Waals surface area (Å²) in [6.45, 7) is 2.54. The molecule has 8 heteroatoms. The van der Waals surface area contributed by atoms with Gasteiger partial charge in [0.2, 0.25) is 5.91 Å². The van der Waals surface area contributed by atoms with Gasteiger partial charge in [-0.3, -0.25) is 9.69 Å². The number of fused-ring (bicyclic) bond motifs is 1. The van der Waals surface area contributed by atoms with E-state index in [9.17, 15) is 4.79 Å². The highest BCUT2D eigenvalue weighted by Crippen LogP contribution is 2.27. The lowest BCUT2D eigenvalue weighted by Gasteiger charge is -2.30. The van der Waals surface area contributed by atoms with Gasteiger partial charge in [-0.2, -0.15) is 0 Å². The maximum atomic E-state index is 12.6. The molecule has 1 amide bonds. The lowest BCUT2D eigenvalue weighted by molar-refractivity contribution is -0.121. The first kappa shape index (κ1) is 18.1. The van der Waals surface area contributed by atoms with Crippen molar-refractivity contribution in [1.29, 1.82) is 0 Å². The van der Waals surface area contributed by atoms with Gasteiger partial charge in [-0.1, -0.05) is 12.1 Å². The number of nitrogens with one attached hydrogen (secondary N) is 2. The van der Waals surface area contributed by atoms with E-state index in [0.717, 1.165) is 55.0 Å². The molecule has 3 aromatic heterocycles. The van der Waals surface area contributed by atoms with Crippen molar-refractivity contribution in [1.82, 2.24) is 19.9 Å². The molecule has 4 heterocycles. The van der Waals surface area contributed by atoms with Gasteiger partial charge in [-0.15, -0.1) is 11.3 Å². The Kier molecular flexibility index (Phi) is 4.87. The number of thiazole rings is 1. The zero-order valence-electron chi connectivity index (χ0n) is 15.8. The van der Waals surface area contributed by atoms with Crippen LogP contribution < -0.4 is 5.32 Å². The molecule has 0 saturated carbocycles. The molecule has 0 atom stereocenters. The van der Waals surface area contributed by atoms with Crippen LogP contribution in [0.3, 0.4) is 0 Å². The molecular formula is C21H21N5O2S. The summed E-state index contributed by atoms with van der Waals surface area (Å²) in [7, 11) is 0. The molecule has 148 valence electrons. The summed E-state index contributed by atoms with van der Waals surface area (Å²) in [5, 5.41) is 5.48. The minimum absolute atomic E-state index is 0.0119. The predicted molar refractivity (Wildman–Crippen MR) is 113 cm³/mol. The largest absolute Gasteiger partial charge is 0.463 e. The number of hydrogen-bond acceptors (Lipinski definition) is 6. The SMILES string of the molecule is O=C(Nc1nc(-c2ccco2)cs1)C1CCN(Cc2nc3ccccc3[nH]2)CC1. The molecule has 29 heavy (non-hydrogen) atoms. The quantitative estimate of drug-likeness (QED) is 0.519. The highest BCUT2D eigenvalue weighted by molar-refractivity contribution is 7.14. The Balaban J connectivity index is 1.14. The Morgan fingerprint density at radius 1 is 1.21 bits per heavy atom. The van der Waals surface area contributed by atoms with Gasteiger partial charge in [0.15, 0.2) is 10.9 Å². The first-order chi connectivity index (χ1) is 14.2. The fraction of sp³-hybridized carbons (Fsp3) is 0.286. The van der Waals surface area contributed by atoms with Crippen LogP contribution in [0.1, 0.15) is 18.7 Å². The Hall–Kier alpha value is -2.97. The number of H-pyrrole nitrogens is 1. The summed E-state index contributed by atoms with van der Waals surface area (Å²) >= 11 is 1.42. The van der Waals surface area contributed by atoms with E-state index in [1.807, 2.05) is 41.8 Å². The smallest absolute Gasteiger partial charge is 0.229 e. The number of piperidine rings is 1. The average Bonchev–Trinajstić information content (AvgIpc) is 3.48. The van der Waals surface area contributed by atoms with Crippen LogP contribution in [-0.4, -0.2) is 38.8 Å². The van der Waals surface area contributed by atoms with Crippen molar-refractivity contribution in [3.63, 3.8) is 0 Å². The van der Waals surface area contributed by atoms with Gasteiger partial charge in [0.25, 0.3) is 0 Å². The molecule has 1 aromatic carbocycles. The number of nitrogens with zero attached hydrogens (tertiary/aromatic N) is 3. The fourth-order valence-electron chi connectivity index (χ4n) is 3.72. The Morgan fingerprint density at radius 2 is 2.07 bits per heavy atom.